The fourth-order valence-corrected chi connectivity index (χ4v) is 4.53. The number of nitrogens with zero attached hydrogens (tertiary/aromatic N) is 1. The van der Waals surface area contributed by atoms with E-state index < -0.39 is 0 Å². The van der Waals surface area contributed by atoms with Crippen LogP contribution < -0.4 is 10.6 Å². The van der Waals surface area contributed by atoms with Crippen molar-refractivity contribution in [2.45, 2.75) is 45.3 Å². The maximum absolute atomic E-state index is 12.3. The number of halogens is 2. The molecule has 2 saturated heterocycles. The molecular formula is C20H33Cl2N3OS. The Hall–Kier alpha value is -0.460. The molecule has 1 unspecified atom stereocenters. The van der Waals surface area contributed by atoms with E-state index in [1.165, 1.54) is 37.1 Å². The third-order valence-corrected chi connectivity index (χ3v) is 6.43. The molecule has 27 heavy (non-hydrogen) atoms. The highest BCUT2D eigenvalue weighted by atomic mass is 35.5. The van der Waals surface area contributed by atoms with Crippen molar-refractivity contribution in [3.8, 4) is 0 Å². The van der Waals surface area contributed by atoms with Gasteiger partial charge in [0.05, 0.1) is 0 Å². The van der Waals surface area contributed by atoms with E-state index in [4.69, 9.17) is 0 Å². The van der Waals surface area contributed by atoms with E-state index in [-0.39, 0.29) is 30.7 Å². The molecule has 154 valence electrons. The summed E-state index contributed by atoms with van der Waals surface area (Å²) in [6.45, 7) is 7.37. The van der Waals surface area contributed by atoms with E-state index in [0.29, 0.717) is 19.0 Å². The van der Waals surface area contributed by atoms with Crippen LogP contribution in [0, 0.1) is 5.92 Å². The highest BCUT2D eigenvalue weighted by molar-refractivity contribution is 7.99. The van der Waals surface area contributed by atoms with Gasteiger partial charge in [-0.25, -0.2) is 0 Å². The van der Waals surface area contributed by atoms with Crippen LogP contribution in [0.4, 0.5) is 0 Å². The summed E-state index contributed by atoms with van der Waals surface area (Å²) in [5.74, 6) is 3.21. The predicted molar refractivity (Wildman–Crippen MR) is 120 cm³/mol. The van der Waals surface area contributed by atoms with E-state index in [1.807, 2.05) is 11.8 Å². The third kappa shape index (κ3) is 8.20. The highest BCUT2D eigenvalue weighted by Gasteiger charge is 2.18. The van der Waals surface area contributed by atoms with Gasteiger partial charge < -0.3 is 10.6 Å². The Bertz CT molecular complexity index is 562. The maximum atomic E-state index is 12.3. The van der Waals surface area contributed by atoms with Crippen LogP contribution in [0.3, 0.4) is 0 Å². The lowest BCUT2D eigenvalue weighted by Crippen LogP contribution is -2.41. The Morgan fingerprint density at radius 2 is 1.93 bits per heavy atom. The number of likely N-dealkylation sites (tertiary alicyclic amines) is 1. The van der Waals surface area contributed by atoms with E-state index in [9.17, 15) is 4.79 Å². The molecule has 0 saturated carbocycles. The van der Waals surface area contributed by atoms with Gasteiger partial charge in [0.25, 0.3) is 0 Å². The second-order valence-electron chi connectivity index (χ2n) is 7.43. The van der Waals surface area contributed by atoms with Gasteiger partial charge in [-0.15, -0.1) is 24.8 Å². The van der Waals surface area contributed by atoms with Crippen molar-refractivity contribution in [3.63, 3.8) is 0 Å². The fourth-order valence-electron chi connectivity index (χ4n) is 3.59. The number of nitrogens with one attached hydrogen (secondary N) is 2. The molecule has 2 N–H and O–H groups in total. The first kappa shape index (κ1) is 24.6. The predicted octanol–water partition coefficient (Wildman–Crippen LogP) is 3.47. The molecule has 2 aliphatic rings. The molecule has 3 rings (SSSR count). The number of hydrogen-bond acceptors (Lipinski definition) is 4. The molecule has 1 amide bonds. The first-order valence-electron chi connectivity index (χ1n) is 9.57. The van der Waals surface area contributed by atoms with Gasteiger partial charge >= 0.3 is 0 Å². The lowest BCUT2D eigenvalue weighted by atomic mass is 9.98. The van der Waals surface area contributed by atoms with Gasteiger partial charge in [0, 0.05) is 43.6 Å². The molecule has 7 heteroatoms. The number of piperidine rings is 1. The summed E-state index contributed by atoms with van der Waals surface area (Å²) in [6.07, 6.45) is 3.18. The van der Waals surface area contributed by atoms with Crippen LogP contribution in [0.5, 0.6) is 0 Å². The van der Waals surface area contributed by atoms with Crippen molar-refractivity contribution in [2.24, 2.45) is 5.92 Å². The summed E-state index contributed by atoms with van der Waals surface area (Å²) in [5, 5.41) is 6.55. The van der Waals surface area contributed by atoms with Gasteiger partial charge in [0.2, 0.25) is 5.91 Å². The summed E-state index contributed by atoms with van der Waals surface area (Å²) < 4.78 is 0. The normalized spacial score (nSPS) is 21.0. The Balaban J connectivity index is 0.00000182. The highest BCUT2D eigenvalue weighted by Crippen LogP contribution is 2.19. The smallest absolute Gasteiger partial charge is 0.221 e. The number of thioether (sulfide) groups is 1. The monoisotopic (exact) mass is 433 g/mol. The molecule has 0 bridgehead atoms. The second-order valence-corrected chi connectivity index (χ2v) is 8.58. The molecule has 2 heterocycles. The standard InChI is InChI=1S/C20H31N3OS.2ClH/c1-16-6-9-23(10-7-16)14-18-5-3-2-4-17(18)13-22-20(24)12-19-15-25-11-8-21-19;;/h2-5,16,19,21H,6-15H2,1H3,(H,22,24);2*1H. The topological polar surface area (TPSA) is 44.4 Å². The van der Waals surface area contributed by atoms with E-state index in [0.717, 1.165) is 30.5 Å². The van der Waals surface area contributed by atoms with Crippen molar-refractivity contribution in [2.75, 3.05) is 31.1 Å². The number of amides is 1. The Morgan fingerprint density at radius 3 is 2.59 bits per heavy atom. The van der Waals surface area contributed by atoms with Gasteiger partial charge in [0.1, 0.15) is 0 Å². The summed E-state index contributed by atoms with van der Waals surface area (Å²) in [6, 6.07) is 8.86. The van der Waals surface area contributed by atoms with Crippen LogP contribution >= 0.6 is 36.6 Å². The zero-order valence-electron chi connectivity index (χ0n) is 16.1. The van der Waals surface area contributed by atoms with Crippen molar-refractivity contribution >= 4 is 42.5 Å². The van der Waals surface area contributed by atoms with Gasteiger partial charge in [-0.05, 0) is 43.0 Å². The first-order valence-corrected chi connectivity index (χ1v) is 10.7. The summed E-state index contributed by atoms with van der Waals surface area (Å²) in [5.41, 5.74) is 2.60. The molecule has 0 spiro atoms. The summed E-state index contributed by atoms with van der Waals surface area (Å²) in [7, 11) is 0. The van der Waals surface area contributed by atoms with E-state index >= 15 is 0 Å². The molecule has 0 aromatic heterocycles. The van der Waals surface area contributed by atoms with Crippen LogP contribution in [0.25, 0.3) is 0 Å². The second kappa shape index (κ2) is 12.9. The van der Waals surface area contributed by atoms with Crippen molar-refractivity contribution in [1.29, 1.82) is 0 Å². The van der Waals surface area contributed by atoms with Gasteiger partial charge in [-0.2, -0.15) is 11.8 Å². The average molecular weight is 434 g/mol. The zero-order valence-corrected chi connectivity index (χ0v) is 18.6. The lowest BCUT2D eigenvalue weighted by Gasteiger charge is -2.30. The van der Waals surface area contributed by atoms with Crippen LogP contribution in [0.2, 0.25) is 0 Å². The summed E-state index contributed by atoms with van der Waals surface area (Å²) >= 11 is 1.93. The number of carbonyl (C=O) groups excluding carboxylic acids is 1. The van der Waals surface area contributed by atoms with E-state index in [2.05, 4.69) is 46.7 Å². The molecule has 0 aliphatic carbocycles. The maximum Gasteiger partial charge on any atom is 0.221 e. The van der Waals surface area contributed by atoms with E-state index in [1.54, 1.807) is 0 Å². The van der Waals surface area contributed by atoms with Crippen LogP contribution in [-0.4, -0.2) is 48.0 Å². The molecule has 1 aromatic rings. The van der Waals surface area contributed by atoms with Gasteiger partial charge in [-0.1, -0.05) is 31.2 Å². The Morgan fingerprint density at radius 1 is 1.22 bits per heavy atom. The number of rotatable bonds is 6. The molecule has 0 radical (unpaired) electrons. The van der Waals surface area contributed by atoms with Crippen molar-refractivity contribution in [3.05, 3.63) is 35.4 Å². The molecule has 1 aromatic carbocycles. The zero-order chi connectivity index (χ0) is 17.5. The fraction of sp³-hybridized carbons (Fsp3) is 0.650. The quantitative estimate of drug-likeness (QED) is 0.720. The lowest BCUT2D eigenvalue weighted by molar-refractivity contribution is -0.121. The Labute approximate surface area is 180 Å². The van der Waals surface area contributed by atoms with Crippen LogP contribution in [0.15, 0.2) is 24.3 Å². The largest absolute Gasteiger partial charge is 0.352 e. The number of hydrogen-bond donors (Lipinski definition) is 2. The Kier molecular flexibility index (Phi) is 11.7. The minimum Gasteiger partial charge on any atom is -0.352 e. The van der Waals surface area contributed by atoms with Crippen molar-refractivity contribution in [1.82, 2.24) is 15.5 Å². The van der Waals surface area contributed by atoms with Crippen LogP contribution in [-0.2, 0) is 17.9 Å². The van der Waals surface area contributed by atoms with Gasteiger partial charge in [0.15, 0.2) is 0 Å². The minimum absolute atomic E-state index is 0. The molecule has 2 aliphatic heterocycles. The minimum atomic E-state index is 0. The summed E-state index contributed by atoms with van der Waals surface area (Å²) in [4.78, 5) is 14.8. The van der Waals surface area contributed by atoms with Crippen molar-refractivity contribution < 1.29 is 4.79 Å². The third-order valence-electron chi connectivity index (χ3n) is 5.29. The van der Waals surface area contributed by atoms with Gasteiger partial charge in [-0.3, -0.25) is 9.69 Å². The van der Waals surface area contributed by atoms with Crippen LogP contribution in [0.1, 0.15) is 37.3 Å². The molecule has 4 nitrogen and oxygen atoms in total. The molecular weight excluding hydrogens is 401 g/mol. The SMILES string of the molecule is CC1CCN(Cc2ccccc2CNC(=O)CC2CSCCN2)CC1.Cl.Cl. The first-order chi connectivity index (χ1) is 12.2. The number of carbonyl (C=O) groups is 1. The average Bonchev–Trinajstić information content (AvgIpc) is 2.64. The molecule has 2 fully saturated rings. The number of benzene rings is 1. The molecule has 1 atom stereocenters.